The van der Waals surface area contributed by atoms with Gasteiger partial charge in [-0.15, -0.1) is 0 Å². The minimum atomic E-state index is -0.454. The van der Waals surface area contributed by atoms with Crippen molar-refractivity contribution in [1.29, 1.82) is 0 Å². The number of nitrogens with zero attached hydrogens (tertiary/aromatic N) is 3. The van der Waals surface area contributed by atoms with Crippen molar-refractivity contribution in [2.24, 2.45) is 5.73 Å². The van der Waals surface area contributed by atoms with Crippen LogP contribution in [0.2, 0.25) is 0 Å². The number of carbonyl (C=O) groups is 1. The van der Waals surface area contributed by atoms with E-state index in [-0.39, 0.29) is 6.04 Å². The van der Waals surface area contributed by atoms with Crippen LogP contribution in [0.5, 0.6) is 0 Å². The van der Waals surface area contributed by atoms with Gasteiger partial charge < -0.3 is 11.1 Å². The average Bonchev–Trinajstić information content (AvgIpc) is 2.77. The molecule has 0 bridgehead atoms. The van der Waals surface area contributed by atoms with Crippen molar-refractivity contribution < 1.29 is 4.79 Å². The molecular weight excluding hydrogens is 266 g/mol. The lowest BCUT2D eigenvalue weighted by molar-refractivity contribution is -0.115. The van der Waals surface area contributed by atoms with E-state index in [1.54, 1.807) is 4.68 Å². The summed E-state index contributed by atoms with van der Waals surface area (Å²) in [6.45, 7) is 5.67. The van der Waals surface area contributed by atoms with Crippen LogP contribution >= 0.6 is 0 Å². The van der Waals surface area contributed by atoms with Gasteiger partial charge in [0, 0.05) is 5.70 Å². The number of allylic oxidation sites excluding steroid dienone is 1. The van der Waals surface area contributed by atoms with Crippen LogP contribution in [0, 0.1) is 13.8 Å². The largest absolute Gasteiger partial charge is 0.366 e. The third-order valence-corrected chi connectivity index (χ3v) is 3.62. The van der Waals surface area contributed by atoms with E-state index >= 15 is 0 Å². The van der Waals surface area contributed by atoms with E-state index in [9.17, 15) is 4.79 Å². The van der Waals surface area contributed by atoms with Gasteiger partial charge in [0.1, 0.15) is 11.9 Å². The van der Waals surface area contributed by atoms with Crippen LogP contribution in [-0.2, 0) is 4.79 Å². The van der Waals surface area contributed by atoms with Crippen LogP contribution in [0.25, 0.3) is 0 Å². The molecule has 1 aromatic carbocycles. The van der Waals surface area contributed by atoms with Gasteiger partial charge in [0.25, 0.3) is 0 Å². The molecular formula is C15H17N5O. The smallest absolute Gasteiger partial charge is 0.248 e. The van der Waals surface area contributed by atoms with Gasteiger partial charge in [0.2, 0.25) is 11.9 Å². The molecule has 1 atom stereocenters. The summed E-state index contributed by atoms with van der Waals surface area (Å²) in [5, 5.41) is 7.49. The lowest BCUT2D eigenvalue weighted by Gasteiger charge is -2.27. The molecule has 0 radical (unpaired) electrons. The van der Waals surface area contributed by atoms with Crippen molar-refractivity contribution in [1.82, 2.24) is 14.8 Å². The number of nitrogens with one attached hydrogen (secondary N) is 1. The first kappa shape index (κ1) is 13.4. The third kappa shape index (κ3) is 2.18. The molecule has 0 saturated carbocycles. The predicted octanol–water partition coefficient (Wildman–Crippen LogP) is 1.67. The number of hydrogen-bond acceptors (Lipinski definition) is 4. The molecule has 1 aliphatic rings. The van der Waals surface area contributed by atoms with Gasteiger partial charge in [0.15, 0.2) is 0 Å². The third-order valence-electron chi connectivity index (χ3n) is 3.62. The molecule has 0 fully saturated rings. The molecule has 21 heavy (non-hydrogen) atoms. The number of aromatic nitrogens is 3. The fourth-order valence-corrected chi connectivity index (χ4v) is 2.63. The molecule has 0 aliphatic carbocycles. The van der Waals surface area contributed by atoms with E-state index in [4.69, 9.17) is 5.73 Å². The number of amides is 1. The zero-order valence-electron chi connectivity index (χ0n) is 12.2. The Morgan fingerprint density at radius 2 is 1.90 bits per heavy atom. The maximum atomic E-state index is 11.9. The number of fused-ring (bicyclic) bond motifs is 1. The molecule has 1 amide bonds. The lowest BCUT2D eigenvalue weighted by Crippen LogP contribution is -2.31. The second-order valence-electron chi connectivity index (χ2n) is 5.27. The van der Waals surface area contributed by atoms with E-state index in [1.165, 1.54) is 0 Å². The van der Waals surface area contributed by atoms with E-state index in [0.29, 0.717) is 23.0 Å². The molecule has 6 heteroatoms. The Morgan fingerprint density at radius 1 is 1.24 bits per heavy atom. The first-order valence-corrected chi connectivity index (χ1v) is 6.74. The Balaban J connectivity index is 2.21. The van der Waals surface area contributed by atoms with Crippen LogP contribution in [0.1, 0.15) is 29.9 Å². The molecule has 1 aliphatic heterocycles. The van der Waals surface area contributed by atoms with Gasteiger partial charge >= 0.3 is 0 Å². The van der Waals surface area contributed by atoms with Gasteiger partial charge in [0.05, 0.1) is 5.57 Å². The second-order valence-corrected chi connectivity index (χ2v) is 5.27. The van der Waals surface area contributed by atoms with Crippen LogP contribution in [-0.4, -0.2) is 20.7 Å². The summed E-state index contributed by atoms with van der Waals surface area (Å²) >= 11 is 0. The fraction of sp³-hybridized carbons (Fsp3) is 0.267. The average molecular weight is 283 g/mol. The summed E-state index contributed by atoms with van der Waals surface area (Å²) in [5.41, 5.74) is 8.92. The highest BCUT2D eigenvalue weighted by Crippen LogP contribution is 2.34. The second kappa shape index (κ2) is 4.73. The fourth-order valence-electron chi connectivity index (χ4n) is 2.63. The zero-order valence-corrected chi connectivity index (χ0v) is 12.2. The first-order valence-electron chi connectivity index (χ1n) is 6.74. The van der Waals surface area contributed by atoms with Crippen LogP contribution < -0.4 is 11.1 Å². The predicted molar refractivity (Wildman–Crippen MR) is 79.6 cm³/mol. The number of benzene rings is 1. The highest BCUT2D eigenvalue weighted by atomic mass is 16.1. The monoisotopic (exact) mass is 283 g/mol. The minimum absolute atomic E-state index is 0.347. The molecule has 0 spiro atoms. The zero-order chi connectivity index (χ0) is 15.1. The van der Waals surface area contributed by atoms with Gasteiger partial charge in [-0.1, -0.05) is 29.8 Å². The minimum Gasteiger partial charge on any atom is -0.366 e. The molecule has 0 saturated heterocycles. The van der Waals surface area contributed by atoms with Crippen LogP contribution in [0.3, 0.4) is 0 Å². The molecule has 3 N–H and O–H groups in total. The van der Waals surface area contributed by atoms with Crippen molar-refractivity contribution in [2.45, 2.75) is 26.8 Å². The molecule has 3 rings (SSSR count). The highest BCUT2D eigenvalue weighted by Gasteiger charge is 2.32. The van der Waals surface area contributed by atoms with Crippen molar-refractivity contribution in [3.63, 3.8) is 0 Å². The summed E-state index contributed by atoms with van der Waals surface area (Å²) in [4.78, 5) is 16.2. The molecule has 1 unspecified atom stereocenters. The molecule has 108 valence electrons. The number of hydrogen-bond donors (Lipinski definition) is 2. The number of nitrogens with two attached hydrogens (primary N) is 1. The standard InChI is InChI=1S/C15H17N5O/c1-8-4-6-11(7-5-8)13-12(14(16)21)9(2)17-15-18-10(3)19-20(13)15/h4-7,13H,1-3H3,(H2,16,21)(H,17,18,19). The summed E-state index contributed by atoms with van der Waals surface area (Å²) in [6.07, 6.45) is 0. The summed E-state index contributed by atoms with van der Waals surface area (Å²) in [5.74, 6) is 0.818. The maximum absolute atomic E-state index is 11.9. The van der Waals surface area contributed by atoms with Gasteiger partial charge in [-0.3, -0.25) is 4.79 Å². The van der Waals surface area contributed by atoms with Crippen molar-refractivity contribution in [3.05, 3.63) is 52.5 Å². The SMILES string of the molecule is CC1=C(C(N)=O)C(c2ccc(C)cc2)n2nc(C)nc2N1. The van der Waals surface area contributed by atoms with Gasteiger partial charge in [-0.05, 0) is 26.3 Å². The van der Waals surface area contributed by atoms with E-state index in [1.807, 2.05) is 45.0 Å². The lowest BCUT2D eigenvalue weighted by atomic mass is 9.95. The van der Waals surface area contributed by atoms with Gasteiger partial charge in [-0.2, -0.15) is 10.1 Å². The van der Waals surface area contributed by atoms with Crippen LogP contribution in [0.4, 0.5) is 5.95 Å². The Bertz CT molecular complexity index is 742. The summed E-state index contributed by atoms with van der Waals surface area (Å²) in [6, 6.07) is 7.65. The number of rotatable bonds is 2. The molecule has 2 heterocycles. The summed E-state index contributed by atoms with van der Waals surface area (Å²) < 4.78 is 1.72. The molecule has 6 nitrogen and oxygen atoms in total. The van der Waals surface area contributed by atoms with E-state index in [0.717, 1.165) is 11.1 Å². The van der Waals surface area contributed by atoms with Crippen molar-refractivity contribution >= 4 is 11.9 Å². The quantitative estimate of drug-likeness (QED) is 0.877. The number of carbonyl (C=O) groups excluding carboxylic acids is 1. The van der Waals surface area contributed by atoms with Crippen LogP contribution in [0.15, 0.2) is 35.5 Å². The molecule has 2 aromatic rings. The molecule has 1 aromatic heterocycles. The Labute approximate surface area is 122 Å². The Kier molecular flexibility index (Phi) is 3.01. The van der Waals surface area contributed by atoms with Crippen molar-refractivity contribution in [2.75, 3.05) is 5.32 Å². The maximum Gasteiger partial charge on any atom is 0.248 e. The topological polar surface area (TPSA) is 85.8 Å². The Hall–Kier alpha value is -2.63. The summed E-state index contributed by atoms with van der Waals surface area (Å²) in [7, 11) is 0. The highest BCUT2D eigenvalue weighted by molar-refractivity contribution is 5.95. The van der Waals surface area contributed by atoms with E-state index in [2.05, 4.69) is 15.4 Å². The number of anilines is 1. The first-order chi connectivity index (χ1) is 9.97. The Morgan fingerprint density at radius 3 is 2.52 bits per heavy atom. The number of aryl methyl sites for hydroxylation is 2. The normalized spacial score (nSPS) is 17.4. The van der Waals surface area contributed by atoms with Gasteiger partial charge in [-0.25, -0.2) is 4.68 Å². The number of primary amides is 1. The van der Waals surface area contributed by atoms with Crippen molar-refractivity contribution in [3.8, 4) is 0 Å². The van der Waals surface area contributed by atoms with E-state index < -0.39 is 5.91 Å².